The number of fused-ring (bicyclic) bond motifs is 8. The highest BCUT2D eigenvalue weighted by Gasteiger charge is 2.46. The van der Waals surface area contributed by atoms with Crippen LogP contribution in [0, 0.1) is 13.8 Å². The van der Waals surface area contributed by atoms with Crippen LogP contribution in [-0.2, 0) is 10.8 Å². The van der Waals surface area contributed by atoms with Gasteiger partial charge in [0.2, 0.25) is 5.89 Å². The zero-order valence-electron chi connectivity index (χ0n) is 29.3. The molecule has 0 aliphatic heterocycles. The first-order chi connectivity index (χ1) is 24.9. The van der Waals surface area contributed by atoms with Gasteiger partial charge in [-0.15, -0.1) is 0 Å². The molecule has 51 heavy (non-hydrogen) atoms. The molecule has 0 spiro atoms. The maximum atomic E-state index is 6.77. The van der Waals surface area contributed by atoms with Crippen LogP contribution in [0.2, 0.25) is 0 Å². The van der Waals surface area contributed by atoms with Gasteiger partial charge in [-0.25, -0.2) is 4.98 Å². The molecule has 0 unspecified atom stereocenters. The SMILES string of the molecule is Cc1cc(-c2ccc3c(c2)-c2ccccc2C3(c2ccccc2)c2ccccc2)cc(C)c1-c1nc2ccc3c(c2o1)C(C)(C)c1ccccc1-3. The van der Waals surface area contributed by atoms with E-state index in [2.05, 4.69) is 179 Å². The molecule has 0 amide bonds. The average Bonchev–Trinajstić information content (AvgIpc) is 3.79. The van der Waals surface area contributed by atoms with E-state index in [0.717, 1.165) is 27.8 Å². The van der Waals surface area contributed by atoms with Gasteiger partial charge in [0.05, 0.1) is 5.41 Å². The summed E-state index contributed by atoms with van der Waals surface area (Å²) in [5, 5.41) is 0. The van der Waals surface area contributed by atoms with Gasteiger partial charge < -0.3 is 4.42 Å². The van der Waals surface area contributed by atoms with Crippen molar-refractivity contribution in [3.05, 3.63) is 196 Å². The van der Waals surface area contributed by atoms with E-state index in [4.69, 9.17) is 9.40 Å². The van der Waals surface area contributed by atoms with Crippen molar-refractivity contribution in [1.29, 1.82) is 0 Å². The summed E-state index contributed by atoms with van der Waals surface area (Å²) in [6.45, 7) is 8.96. The highest BCUT2D eigenvalue weighted by molar-refractivity contribution is 5.94. The summed E-state index contributed by atoms with van der Waals surface area (Å²) in [4.78, 5) is 5.09. The predicted molar refractivity (Wildman–Crippen MR) is 209 cm³/mol. The van der Waals surface area contributed by atoms with Crippen LogP contribution in [0.1, 0.15) is 58.4 Å². The van der Waals surface area contributed by atoms with Crippen LogP contribution in [0.4, 0.5) is 0 Å². The first-order valence-electron chi connectivity index (χ1n) is 17.9. The Hall–Kier alpha value is -5.99. The lowest BCUT2D eigenvalue weighted by molar-refractivity contribution is 0.592. The second kappa shape index (κ2) is 10.8. The fourth-order valence-electron chi connectivity index (χ4n) is 9.44. The third-order valence-corrected chi connectivity index (χ3v) is 11.6. The highest BCUT2D eigenvalue weighted by Crippen LogP contribution is 2.57. The number of benzene rings is 7. The molecule has 0 saturated carbocycles. The lowest BCUT2D eigenvalue weighted by Gasteiger charge is -2.33. The summed E-state index contributed by atoms with van der Waals surface area (Å²) in [5.74, 6) is 0.685. The largest absolute Gasteiger partial charge is 0.436 e. The van der Waals surface area contributed by atoms with Crippen molar-refractivity contribution in [1.82, 2.24) is 4.98 Å². The van der Waals surface area contributed by atoms with Crippen LogP contribution < -0.4 is 0 Å². The number of aromatic nitrogens is 1. The van der Waals surface area contributed by atoms with Gasteiger partial charge in [-0.1, -0.05) is 153 Å². The van der Waals surface area contributed by atoms with Gasteiger partial charge in [0.15, 0.2) is 5.58 Å². The van der Waals surface area contributed by atoms with E-state index in [0.29, 0.717) is 5.89 Å². The number of aryl methyl sites for hydroxylation is 2. The number of hydrogen-bond acceptors (Lipinski definition) is 2. The number of rotatable bonds is 4. The first-order valence-corrected chi connectivity index (χ1v) is 17.9. The van der Waals surface area contributed by atoms with E-state index in [1.807, 2.05) is 0 Å². The van der Waals surface area contributed by atoms with E-state index >= 15 is 0 Å². The van der Waals surface area contributed by atoms with Gasteiger partial charge in [-0.05, 0) is 98.3 Å². The van der Waals surface area contributed by atoms with Crippen LogP contribution in [0.15, 0.2) is 156 Å². The molecule has 7 aromatic carbocycles. The van der Waals surface area contributed by atoms with E-state index in [9.17, 15) is 0 Å². The van der Waals surface area contributed by atoms with E-state index in [1.165, 1.54) is 66.8 Å². The second-order valence-corrected chi connectivity index (χ2v) is 14.8. The molecule has 0 radical (unpaired) electrons. The van der Waals surface area contributed by atoms with Gasteiger partial charge in [0.25, 0.3) is 0 Å². The minimum atomic E-state index is -0.397. The maximum absolute atomic E-state index is 6.77. The van der Waals surface area contributed by atoms with Crippen LogP contribution in [-0.4, -0.2) is 4.98 Å². The van der Waals surface area contributed by atoms with E-state index in [1.54, 1.807) is 0 Å². The van der Waals surface area contributed by atoms with Crippen LogP contribution >= 0.6 is 0 Å². The number of nitrogens with zero attached hydrogens (tertiary/aromatic N) is 1. The van der Waals surface area contributed by atoms with Crippen molar-refractivity contribution in [3.63, 3.8) is 0 Å². The van der Waals surface area contributed by atoms with Crippen molar-refractivity contribution in [2.75, 3.05) is 0 Å². The molecule has 10 rings (SSSR count). The summed E-state index contributed by atoms with van der Waals surface area (Å²) >= 11 is 0. The van der Waals surface area contributed by atoms with Crippen molar-refractivity contribution >= 4 is 11.1 Å². The monoisotopic (exact) mass is 655 g/mol. The molecular weight excluding hydrogens is 619 g/mol. The standard InChI is InChI=1S/C49H37NO/c1-30-27-33(28-31(2)44(30)47-50-43-26-24-38-36-19-11-13-21-40(36)48(3,4)45(38)46(43)51-47)32-23-25-42-39(29-32)37-20-12-14-22-41(37)49(42,34-15-7-5-8-16-34)35-17-9-6-10-18-35/h5-29H,1-4H3. The summed E-state index contributed by atoms with van der Waals surface area (Å²) in [7, 11) is 0. The smallest absolute Gasteiger partial charge is 0.227 e. The summed E-state index contributed by atoms with van der Waals surface area (Å²) in [6.07, 6.45) is 0. The maximum Gasteiger partial charge on any atom is 0.227 e. The molecule has 0 fully saturated rings. The van der Waals surface area contributed by atoms with Crippen LogP contribution in [0.3, 0.4) is 0 Å². The molecule has 2 heteroatoms. The molecule has 2 aliphatic rings. The average molecular weight is 656 g/mol. The molecule has 2 aliphatic carbocycles. The number of hydrogen-bond donors (Lipinski definition) is 0. The highest BCUT2D eigenvalue weighted by atomic mass is 16.3. The van der Waals surface area contributed by atoms with Gasteiger partial charge >= 0.3 is 0 Å². The Labute approximate surface area is 299 Å². The molecule has 0 atom stereocenters. The minimum absolute atomic E-state index is 0.166. The topological polar surface area (TPSA) is 26.0 Å². The normalized spacial score (nSPS) is 14.6. The zero-order valence-corrected chi connectivity index (χ0v) is 29.3. The van der Waals surface area contributed by atoms with Gasteiger partial charge in [-0.3, -0.25) is 0 Å². The molecule has 2 nitrogen and oxygen atoms in total. The van der Waals surface area contributed by atoms with Crippen LogP contribution in [0.25, 0.3) is 55.9 Å². The van der Waals surface area contributed by atoms with Crippen molar-refractivity contribution in [3.8, 4) is 44.8 Å². The molecule has 244 valence electrons. The third kappa shape index (κ3) is 4.08. The molecule has 8 aromatic rings. The first kappa shape index (κ1) is 29.9. The van der Waals surface area contributed by atoms with E-state index < -0.39 is 5.41 Å². The molecule has 0 bridgehead atoms. The summed E-state index contributed by atoms with van der Waals surface area (Å²) < 4.78 is 6.77. The minimum Gasteiger partial charge on any atom is -0.436 e. The molecule has 0 saturated heterocycles. The fourth-order valence-corrected chi connectivity index (χ4v) is 9.44. The molecule has 0 N–H and O–H groups in total. The Morgan fingerprint density at radius 1 is 0.490 bits per heavy atom. The molecular formula is C49H37NO. The predicted octanol–water partition coefficient (Wildman–Crippen LogP) is 12.4. The molecule has 1 aromatic heterocycles. The van der Waals surface area contributed by atoms with Gasteiger partial charge in [0.1, 0.15) is 5.52 Å². The van der Waals surface area contributed by atoms with Gasteiger partial charge in [-0.2, -0.15) is 0 Å². The molecule has 1 heterocycles. The Kier molecular flexibility index (Phi) is 6.30. The summed E-state index contributed by atoms with van der Waals surface area (Å²) in [5.41, 5.74) is 19.9. The number of oxazole rings is 1. The Bertz CT molecular complexity index is 2620. The van der Waals surface area contributed by atoms with Crippen molar-refractivity contribution in [2.24, 2.45) is 0 Å². The fraction of sp³-hybridized carbons (Fsp3) is 0.122. The zero-order chi connectivity index (χ0) is 34.5. The lowest BCUT2D eigenvalue weighted by Crippen LogP contribution is -2.28. The van der Waals surface area contributed by atoms with Crippen molar-refractivity contribution in [2.45, 2.75) is 38.5 Å². The Morgan fingerprint density at radius 3 is 1.73 bits per heavy atom. The Balaban J connectivity index is 1.10. The van der Waals surface area contributed by atoms with Crippen molar-refractivity contribution < 1.29 is 4.42 Å². The van der Waals surface area contributed by atoms with E-state index in [-0.39, 0.29) is 5.41 Å². The van der Waals surface area contributed by atoms with Gasteiger partial charge in [0, 0.05) is 16.5 Å². The van der Waals surface area contributed by atoms with Crippen LogP contribution in [0.5, 0.6) is 0 Å². The third-order valence-electron chi connectivity index (χ3n) is 11.6. The quantitative estimate of drug-likeness (QED) is 0.189. The lowest BCUT2D eigenvalue weighted by atomic mass is 9.67. The Morgan fingerprint density at radius 2 is 1.06 bits per heavy atom. The second-order valence-electron chi connectivity index (χ2n) is 14.8. The summed E-state index contributed by atoms with van der Waals surface area (Å²) in [6, 6.07) is 55.6.